The second-order valence-corrected chi connectivity index (χ2v) is 3.68. The fourth-order valence-corrected chi connectivity index (χ4v) is 1.70. The Morgan fingerprint density at radius 1 is 1.85 bits per heavy atom. The molecule has 0 saturated carbocycles. The molecule has 1 aromatic heterocycles. The van der Waals surface area contributed by atoms with Gasteiger partial charge >= 0.3 is 0 Å². The molecule has 4 nitrogen and oxygen atoms in total. The maximum absolute atomic E-state index is 11.2. The lowest BCUT2D eigenvalue weighted by Gasteiger charge is -2.22. The molecule has 0 aliphatic rings. The van der Waals surface area contributed by atoms with Gasteiger partial charge in [0.15, 0.2) is 0 Å². The van der Waals surface area contributed by atoms with Gasteiger partial charge in [0, 0.05) is 18.6 Å². The Hall–Kier alpha value is -0.940. The van der Waals surface area contributed by atoms with Crippen LogP contribution in [0.4, 0.5) is 0 Å². The first-order chi connectivity index (χ1) is 6.16. The first-order valence-corrected chi connectivity index (χ1v) is 4.90. The van der Waals surface area contributed by atoms with E-state index in [1.165, 1.54) is 0 Å². The molecule has 1 rings (SSSR count). The molecular weight excluding hydrogens is 186 g/mol. The SMILES string of the molecule is CC(c1nccs1)N(C)C(=O)CN. The van der Waals surface area contributed by atoms with Crippen molar-refractivity contribution in [3.8, 4) is 0 Å². The third-order valence-electron chi connectivity index (χ3n) is 1.96. The van der Waals surface area contributed by atoms with Gasteiger partial charge in [0.1, 0.15) is 5.01 Å². The summed E-state index contributed by atoms with van der Waals surface area (Å²) in [4.78, 5) is 17.0. The molecule has 72 valence electrons. The highest BCUT2D eigenvalue weighted by atomic mass is 32.1. The maximum atomic E-state index is 11.2. The van der Waals surface area contributed by atoms with Crippen molar-refractivity contribution in [2.75, 3.05) is 13.6 Å². The minimum absolute atomic E-state index is 0.0102. The Morgan fingerprint density at radius 2 is 2.54 bits per heavy atom. The number of likely N-dealkylation sites (N-methyl/N-ethyl adjacent to an activating group) is 1. The monoisotopic (exact) mass is 199 g/mol. The Kier molecular flexibility index (Phi) is 3.39. The fraction of sp³-hybridized carbons (Fsp3) is 0.500. The maximum Gasteiger partial charge on any atom is 0.236 e. The summed E-state index contributed by atoms with van der Waals surface area (Å²) in [6.45, 7) is 1.98. The van der Waals surface area contributed by atoms with Crippen molar-refractivity contribution >= 4 is 17.2 Å². The fourth-order valence-electron chi connectivity index (χ4n) is 0.966. The number of amides is 1. The number of thiazole rings is 1. The predicted molar refractivity (Wildman–Crippen MR) is 52.4 cm³/mol. The minimum atomic E-state index is -0.0669. The molecule has 1 atom stereocenters. The molecule has 1 aromatic rings. The Labute approximate surface area is 81.4 Å². The average Bonchev–Trinajstić information content (AvgIpc) is 2.67. The second kappa shape index (κ2) is 4.34. The molecule has 0 radical (unpaired) electrons. The van der Waals surface area contributed by atoms with Crippen LogP contribution in [0.1, 0.15) is 18.0 Å². The van der Waals surface area contributed by atoms with E-state index < -0.39 is 0 Å². The van der Waals surface area contributed by atoms with Gasteiger partial charge in [0.05, 0.1) is 12.6 Å². The summed E-state index contributed by atoms with van der Waals surface area (Å²) >= 11 is 1.54. The van der Waals surface area contributed by atoms with Gasteiger partial charge < -0.3 is 10.6 Å². The van der Waals surface area contributed by atoms with Gasteiger partial charge in [-0.15, -0.1) is 11.3 Å². The van der Waals surface area contributed by atoms with Crippen molar-refractivity contribution in [1.29, 1.82) is 0 Å². The zero-order valence-corrected chi connectivity index (χ0v) is 8.54. The number of nitrogens with two attached hydrogens (primary N) is 1. The van der Waals surface area contributed by atoms with Crippen LogP contribution >= 0.6 is 11.3 Å². The molecular formula is C8H13N3OS. The van der Waals surface area contributed by atoms with Crippen LogP contribution in [0, 0.1) is 0 Å². The van der Waals surface area contributed by atoms with Crippen molar-refractivity contribution in [3.05, 3.63) is 16.6 Å². The molecule has 0 aromatic carbocycles. The molecule has 1 heterocycles. The Bertz CT molecular complexity index is 273. The van der Waals surface area contributed by atoms with E-state index in [4.69, 9.17) is 5.73 Å². The van der Waals surface area contributed by atoms with Crippen molar-refractivity contribution in [2.24, 2.45) is 5.73 Å². The number of carbonyl (C=O) groups is 1. The van der Waals surface area contributed by atoms with E-state index in [1.807, 2.05) is 12.3 Å². The number of hydrogen-bond acceptors (Lipinski definition) is 4. The summed E-state index contributed by atoms with van der Waals surface area (Å²) in [5.41, 5.74) is 5.26. The van der Waals surface area contributed by atoms with Gasteiger partial charge in [-0.25, -0.2) is 4.98 Å². The number of rotatable bonds is 3. The van der Waals surface area contributed by atoms with Crippen LogP contribution < -0.4 is 5.73 Å². The molecule has 1 unspecified atom stereocenters. The highest BCUT2D eigenvalue weighted by molar-refractivity contribution is 7.09. The molecule has 0 spiro atoms. The number of nitrogens with zero attached hydrogens (tertiary/aromatic N) is 2. The van der Waals surface area contributed by atoms with E-state index >= 15 is 0 Å². The lowest BCUT2D eigenvalue weighted by molar-refractivity contribution is -0.130. The van der Waals surface area contributed by atoms with Crippen LogP contribution in [0.3, 0.4) is 0 Å². The third-order valence-corrected chi connectivity index (χ3v) is 2.90. The van der Waals surface area contributed by atoms with Crippen molar-refractivity contribution in [1.82, 2.24) is 9.88 Å². The van der Waals surface area contributed by atoms with Crippen LogP contribution in [0.25, 0.3) is 0 Å². The van der Waals surface area contributed by atoms with E-state index in [2.05, 4.69) is 4.98 Å². The predicted octanol–water partition coefficient (Wildman–Crippen LogP) is 0.621. The van der Waals surface area contributed by atoms with Crippen LogP contribution in [-0.4, -0.2) is 29.4 Å². The van der Waals surface area contributed by atoms with Crippen LogP contribution in [-0.2, 0) is 4.79 Å². The van der Waals surface area contributed by atoms with E-state index in [-0.39, 0.29) is 18.5 Å². The van der Waals surface area contributed by atoms with Gasteiger partial charge in [-0.2, -0.15) is 0 Å². The Balaban J connectivity index is 2.68. The molecule has 1 amide bonds. The van der Waals surface area contributed by atoms with Gasteiger partial charge in [0.25, 0.3) is 0 Å². The summed E-state index contributed by atoms with van der Waals surface area (Å²) in [6.07, 6.45) is 1.73. The number of carbonyl (C=O) groups excluding carboxylic acids is 1. The molecule has 2 N–H and O–H groups in total. The summed E-state index contributed by atoms with van der Waals surface area (Å²) in [6, 6.07) is 0.0102. The van der Waals surface area contributed by atoms with Gasteiger partial charge in [-0.1, -0.05) is 0 Å². The first kappa shape index (κ1) is 10.1. The highest BCUT2D eigenvalue weighted by Gasteiger charge is 2.17. The molecule has 0 aliphatic carbocycles. The standard InChI is InChI=1S/C8H13N3OS/c1-6(8-10-3-4-13-8)11(2)7(12)5-9/h3-4,6H,5,9H2,1-2H3. The quantitative estimate of drug-likeness (QED) is 0.776. The molecule has 0 bridgehead atoms. The molecule has 0 aliphatic heterocycles. The Morgan fingerprint density at radius 3 is 3.00 bits per heavy atom. The zero-order valence-electron chi connectivity index (χ0n) is 7.73. The summed E-state index contributed by atoms with van der Waals surface area (Å²) in [5.74, 6) is -0.0669. The number of hydrogen-bond donors (Lipinski definition) is 1. The van der Waals surface area contributed by atoms with Gasteiger partial charge in [0.2, 0.25) is 5.91 Å². The smallest absolute Gasteiger partial charge is 0.236 e. The normalized spacial score (nSPS) is 12.5. The van der Waals surface area contributed by atoms with E-state index in [0.717, 1.165) is 5.01 Å². The van der Waals surface area contributed by atoms with E-state index in [0.29, 0.717) is 0 Å². The summed E-state index contributed by atoms with van der Waals surface area (Å²) in [5, 5.41) is 2.83. The van der Waals surface area contributed by atoms with E-state index in [9.17, 15) is 4.79 Å². The van der Waals surface area contributed by atoms with Crippen LogP contribution in [0.5, 0.6) is 0 Å². The lowest BCUT2D eigenvalue weighted by Crippen LogP contribution is -2.34. The van der Waals surface area contributed by atoms with E-state index in [1.54, 1.807) is 29.5 Å². The van der Waals surface area contributed by atoms with Crippen molar-refractivity contribution in [3.63, 3.8) is 0 Å². The zero-order chi connectivity index (χ0) is 9.84. The lowest BCUT2D eigenvalue weighted by atomic mass is 10.3. The molecule has 5 heteroatoms. The minimum Gasteiger partial charge on any atom is -0.335 e. The van der Waals surface area contributed by atoms with Crippen molar-refractivity contribution < 1.29 is 4.79 Å². The third kappa shape index (κ3) is 2.26. The molecule has 0 fully saturated rings. The van der Waals surface area contributed by atoms with Gasteiger partial charge in [-0.3, -0.25) is 4.79 Å². The van der Waals surface area contributed by atoms with Crippen LogP contribution in [0.2, 0.25) is 0 Å². The summed E-state index contributed by atoms with van der Waals surface area (Å²) in [7, 11) is 1.74. The largest absolute Gasteiger partial charge is 0.335 e. The highest BCUT2D eigenvalue weighted by Crippen LogP contribution is 2.20. The number of aromatic nitrogens is 1. The summed E-state index contributed by atoms with van der Waals surface area (Å²) < 4.78 is 0. The van der Waals surface area contributed by atoms with Crippen LogP contribution in [0.15, 0.2) is 11.6 Å². The topological polar surface area (TPSA) is 59.2 Å². The molecule has 13 heavy (non-hydrogen) atoms. The molecule has 0 saturated heterocycles. The average molecular weight is 199 g/mol. The van der Waals surface area contributed by atoms with Gasteiger partial charge in [-0.05, 0) is 6.92 Å². The second-order valence-electron chi connectivity index (χ2n) is 2.76. The van der Waals surface area contributed by atoms with Crippen molar-refractivity contribution in [2.45, 2.75) is 13.0 Å². The first-order valence-electron chi connectivity index (χ1n) is 4.02.